The fourth-order valence-corrected chi connectivity index (χ4v) is 3.46. The quantitative estimate of drug-likeness (QED) is 0.730. The molecule has 1 heterocycles. The van der Waals surface area contributed by atoms with Crippen LogP contribution >= 0.6 is 11.3 Å². The monoisotopic (exact) mass is 374 g/mol. The zero-order valence-electron chi connectivity index (χ0n) is 15.0. The molecule has 0 aliphatic carbocycles. The third-order valence-electron chi connectivity index (χ3n) is 3.79. The fraction of sp³-hybridized carbons (Fsp3) is 0.316. The summed E-state index contributed by atoms with van der Waals surface area (Å²) in [4.78, 5) is 36.4. The van der Waals surface area contributed by atoms with E-state index in [1.807, 2.05) is 37.3 Å². The van der Waals surface area contributed by atoms with E-state index >= 15 is 0 Å². The second-order valence-corrected chi connectivity index (χ2v) is 7.05. The number of amides is 2. The maximum absolute atomic E-state index is 12.3. The molecule has 6 nitrogen and oxygen atoms in total. The summed E-state index contributed by atoms with van der Waals surface area (Å²) in [5, 5.41) is 5.80. The molecular formula is C19H22N2O4S. The van der Waals surface area contributed by atoms with E-state index in [1.54, 1.807) is 6.92 Å². The van der Waals surface area contributed by atoms with E-state index in [0.29, 0.717) is 23.5 Å². The second-order valence-electron chi connectivity index (χ2n) is 5.83. The van der Waals surface area contributed by atoms with Crippen LogP contribution in [0.15, 0.2) is 30.3 Å². The Bertz CT molecular complexity index is 799. The number of ether oxygens (including phenoxy) is 1. The SMILES string of the molecule is CC(=O)Nc1sc(C)c(C)c1C(=O)OCC(=O)NCCc1ccccc1. The third kappa shape index (κ3) is 5.42. The zero-order chi connectivity index (χ0) is 19.1. The predicted molar refractivity (Wildman–Crippen MR) is 102 cm³/mol. The van der Waals surface area contributed by atoms with Crippen molar-refractivity contribution in [2.45, 2.75) is 27.2 Å². The summed E-state index contributed by atoms with van der Waals surface area (Å²) in [6.07, 6.45) is 0.704. The van der Waals surface area contributed by atoms with Gasteiger partial charge in [-0.25, -0.2) is 4.79 Å². The molecular weight excluding hydrogens is 352 g/mol. The Morgan fingerprint density at radius 2 is 1.81 bits per heavy atom. The smallest absolute Gasteiger partial charge is 0.341 e. The van der Waals surface area contributed by atoms with Crippen LogP contribution in [0.1, 0.15) is 33.3 Å². The standard InChI is InChI=1S/C19H22N2O4S/c1-12-13(2)26-18(21-14(3)22)17(12)19(24)25-11-16(23)20-10-9-15-7-5-4-6-8-15/h4-8H,9-11H2,1-3H3,(H,20,23)(H,21,22). The van der Waals surface area contributed by atoms with Crippen molar-refractivity contribution < 1.29 is 19.1 Å². The van der Waals surface area contributed by atoms with Crippen LogP contribution in [0.4, 0.5) is 5.00 Å². The number of nitrogens with one attached hydrogen (secondary N) is 2. The van der Waals surface area contributed by atoms with Crippen molar-refractivity contribution in [2.75, 3.05) is 18.5 Å². The molecule has 2 N–H and O–H groups in total. The molecule has 2 aromatic rings. The number of thiophene rings is 1. The molecule has 0 aliphatic heterocycles. The molecule has 0 fully saturated rings. The Kier molecular flexibility index (Phi) is 6.91. The molecule has 1 aromatic carbocycles. The first kappa shape index (κ1) is 19.7. The number of carbonyl (C=O) groups is 3. The first-order valence-electron chi connectivity index (χ1n) is 8.23. The van der Waals surface area contributed by atoms with Gasteiger partial charge in [-0.05, 0) is 31.4 Å². The number of rotatable bonds is 7. The summed E-state index contributed by atoms with van der Waals surface area (Å²) in [5.41, 5.74) is 2.17. The Morgan fingerprint density at radius 3 is 2.46 bits per heavy atom. The van der Waals surface area contributed by atoms with Gasteiger partial charge in [-0.2, -0.15) is 0 Å². The normalized spacial score (nSPS) is 10.3. The number of carbonyl (C=O) groups excluding carboxylic acids is 3. The highest BCUT2D eigenvalue weighted by Gasteiger charge is 2.22. The van der Waals surface area contributed by atoms with Gasteiger partial charge in [0.25, 0.3) is 5.91 Å². The van der Waals surface area contributed by atoms with Crippen LogP contribution in [-0.2, 0) is 20.7 Å². The number of hydrogen-bond acceptors (Lipinski definition) is 5. The van der Waals surface area contributed by atoms with E-state index in [1.165, 1.54) is 18.3 Å². The zero-order valence-corrected chi connectivity index (χ0v) is 15.9. The molecule has 0 saturated heterocycles. The van der Waals surface area contributed by atoms with Crippen LogP contribution in [0.5, 0.6) is 0 Å². The third-order valence-corrected chi connectivity index (χ3v) is 4.91. The summed E-state index contributed by atoms with van der Waals surface area (Å²) in [7, 11) is 0. The van der Waals surface area contributed by atoms with Gasteiger partial charge in [0.15, 0.2) is 6.61 Å². The molecule has 0 atom stereocenters. The van der Waals surface area contributed by atoms with E-state index in [4.69, 9.17) is 4.74 Å². The van der Waals surface area contributed by atoms with Gasteiger partial charge in [0.05, 0.1) is 5.56 Å². The molecule has 0 aliphatic rings. The van der Waals surface area contributed by atoms with Crippen LogP contribution in [0.25, 0.3) is 0 Å². The molecule has 0 saturated carbocycles. The summed E-state index contributed by atoms with van der Waals surface area (Å²) in [6.45, 7) is 5.13. The average molecular weight is 374 g/mol. The van der Waals surface area contributed by atoms with E-state index in [0.717, 1.165) is 16.0 Å². The predicted octanol–water partition coefficient (Wildman–Crippen LogP) is 2.84. The lowest BCUT2D eigenvalue weighted by Crippen LogP contribution is -2.30. The van der Waals surface area contributed by atoms with Gasteiger partial charge in [-0.15, -0.1) is 11.3 Å². The maximum Gasteiger partial charge on any atom is 0.341 e. The lowest BCUT2D eigenvalue weighted by molar-refractivity contribution is -0.124. The molecule has 2 amide bonds. The van der Waals surface area contributed by atoms with Crippen molar-refractivity contribution in [3.63, 3.8) is 0 Å². The highest BCUT2D eigenvalue weighted by Crippen LogP contribution is 2.32. The van der Waals surface area contributed by atoms with Crippen molar-refractivity contribution in [3.05, 3.63) is 51.9 Å². The van der Waals surface area contributed by atoms with Crippen LogP contribution in [0.3, 0.4) is 0 Å². The number of benzene rings is 1. The van der Waals surface area contributed by atoms with Crippen LogP contribution in [0, 0.1) is 13.8 Å². The lowest BCUT2D eigenvalue weighted by Gasteiger charge is -2.08. The van der Waals surface area contributed by atoms with Crippen molar-refractivity contribution in [3.8, 4) is 0 Å². The fourth-order valence-electron chi connectivity index (χ4n) is 2.37. The van der Waals surface area contributed by atoms with E-state index in [2.05, 4.69) is 10.6 Å². The number of esters is 1. The second kappa shape index (κ2) is 9.15. The van der Waals surface area contributed by atoms with E-state index < -0.39 is 5.97 Å². The van der Waals surface area contributed by atoms with Gasteiger partial charge in [-0.1, -0.05) is 30.3 Å². The topological polar surface area (TPSA) is 84.5 Å². The minimum atomic E-state index is -0.617. The minimum absolute atomic E-state index is 0.265. The molecule has 0 bridgehead atoms. The van der Waals surface area contributed by atoms with Gasteiger partial charge in [0.1, 0.15) is 5.00 Å². The molecule has 138 valence electrons. The number of aryl methyl sites for hydroxylation is 1. The number of hydrogen-bond donors (Lipinski definition) is 2. The van der Waals surface area contributed by atoms with Crippen molar-refractivity contribution in [1.82, 2.24) is 5.32 Å². The molecule has 1 aromatic heterocycles. The largest absolute Gasteiger partial charge is 0.452 e. The summed E-state index contributed by atoms with van der Waals surface area (Å²) in [5.74, 6) is -1.24. The summed E-state index contributed by atoms with van der Waals surface area (Å²) < 4.78 is 5.11. The summed E-state index contributed by atoms with van der Waals surface area (Å²) in [6, 6.07) is 9.78. The first-order chi connectivity index (χ1) is 12.4. The molecule has 0 spiro atoms. The number of anilines is 1. The van der Waals surface area contributed by atoms with Crippen molar-refractivity contribution >= 4 is 34.1 Å². The lowest BCUT2D eigenvalue weighted by atomic mass is 10.1. The van der Waals surface area contributed by atoms with Gasteiger partial charge >= 0.3 is 5.97 Å². The molecule has 26 heavy (non-hydrogen) atoms. The van der Waals surface area contributed by atoms with Gasteiger partial charge in [-0.3, -0.25) is 9.59 Å². The van der Waals surface area contributed by atoms with Gasteiger partial charge in [0.2, 0.25) is 5.91 Å². The Hall–Kier alpha value is -2.67. The average Bonchev–Trinajstić information content (AvgIpc) is 2.87. The van der Waals surface area contributed by atoms with Crippen LogP contribution in [-0.4, -0.2) is 30.9 Å². The van der Waals surface area contributed by atoms with Crippen molar-refractivity contribution in [1.29, 1.82) is 0 Å². The Morgan fingerprint density at radius 1 is 1.12 bits per heavy atom. The molecule has 7 heteroatoms. The Labute approximate surface area is 156 Å². The van der Waals surface area contributed by atoms with Crippen LogP contribution < -0.4 is 10.6 Å². The Balaban J connectivity index is 1.86. The van der Waals surface area contributed by atoms with Crippen LogP contribution in [0.2, 0.25) is 0 Å². The maximum atomic E-state index is 12.3. The molecule has 0 radical (unpaired) electrons. The minimum Gasteiger partial charge on any atom is -0.452 e. The highest BCUT2D eigenvalue weighted by molar-refractivity contribution is 7.16. The van der Waals surface area contributed by atoms with E-state index in [9.17, 15) is 14.4 Å². The molecule has 2 rings (SSSR count). The summed E-state index contributed by atoms with van der Waals surface area (Å²) >= 11 is 1.31. The van der Waals surface area contributed by atoms with E-state index in [-0.39, 0.29) is 18.4 Å². The molecule has 0 unspecified atom stereocenters. The van der Waals surface area contributed by atoms with Crippen molar-refractivity contribution in [2.24, 2.45) is 0 Å². The first-order valence-corrected chi connectivity index (χ1v) is 9.05. The van der Waals surface area contributed by atoms with Gasteiger partial charge < -0.3 is 15.4 Å². The highest BCUT2D eigenvalue weighted by atomic mass is 32.1. The van der Waals surface area contributed by atoms with Gasteiger partial charge in [0, 0.05) is 18.3 Å².